The molecule has 1 unspecified atom stereocenters. The van der Waals surface area contributed by atoms with Crippen LogP contribution in [-0.4, -0.2) is 31.7 Å². The van der Waals surface area contributed by atoms with Gasteiger partial charge in [-0.3, -0.25) is 10.2 Å². The van der Waals surface area contributed by atoms with Crippen LogP contribution in [0.4, 0.5) is 0 Å². The Hall–Kier alpha value is -0.520. The lowest BCUT2D eigenvalue weighted by Crippen LogP contribution is -2.32. The van der Waals surface area contributed by atoms with Crippen LogP contribution < -0.4 is 5.32 Å². The summed E-state index contributed by atoms with van der Waals surface area (Å²) < 4.78 is 0. The summed E-state index contributed by atoms with van der Waals surface area (Å²) in [6.45, 7) is 9.33. The van der Waals surface area contributed by atoms with Crippen LogP contribution in [0.25, 0.3) is 0 Å². The van der Waals surface area contributed by atoms with Gasteiger partial charge < -0.3 is 0 Å². The van der Waals surface area contributed by atoms with E-state index in [0.29, 0.717) is 0 Å². The molecule has 0 amide bonds. The molecular formula is C12H24N2. The topological polar surface area (TPSA) is 15.3 Å². The Balaban J connectivity index is 3.34. The zero-order chi connectivity index (χ0) is 10.8. The number of nitrogens with zero attached hydrogens (tertiary/aromatic N) is 1. The minimum absolute atomic E-state index is 0.796. The highest BCUT2D eigenvalue weighted by atomic mass is 15.2. The summed E-state index contributed by atoms with van der Waals surface area (Å²) in [6, 6.07) is 0. The van der Waals surface area contributed by atoms with Crippen molar-refractivity contribution in [1.29, 1.82) is 0 Å². The molecule has 0 fully saturated rings. The van der Waals surface area contributed by atoms with E-state index in [1.54, 1.807) is 0 Å². The van der Waals surface area contributed by atoms with E-state index in [0.717, 1.165) is 19.1 Å². The number of hydrogen-bond acceptors (Lipinski definition) is 2. The van der Waals surface area contributed by atoms with Gasteiger partial charge in [0.2, 0.25) is 0 Å². The van der Waals surface area contributed by atoms with Gasteiger partial charge in [-0.2, -0.15) is 0 Å². The van der Waals surface area contributed by atoms with E-state index in [1.165, 1.54) is 19.4 Å². The van der Waals surface area contributed by atoms with Gasteiger partial charge in [0.1, 0.15) is 0 Å². The lowest BCUT2D eigenvalue weighted by molar-refractivity contribution is 0.287. The van der Waals surface area contributed by atoms with Crippen molar-refractivity contribution >= 4 is 0 Å². The fourth-order valence-corrected chi connectivity index (χ4v) is 1.12. The SMILES string of the molecule is CC#CCNCN(C)CCC(C)CC. The van der Waals surface area contributed by atoms with E-state index in [4.69, 9.17) is 0 Å². The highest BCUT2D eigenvalue weighted by molar-refractivity contribution is 4.96. The Morgan fingerprint density at radius 1 is 1.43 bits per heavy atom. The van der Waals surface area contributed by atoms with Crippen LogP contribution in [0.2, 0.25) is 0 Å². The Bertz CT molecular complexity index is 178. The van der Waals surface area contributed by atoms with Crippen LogP contribution in [0.5, 0.6) is 0 Å². The van der Waals surface area contributed by atoms with Crippen LogP contribution in [0.1, 0.15) is 33.6 Å². The van der Waals surface area contributed by atoms with E-state index in [9.17, 15) is 0 Å². The maximum absolute atomic E-state index is 3.28. The molecule has 0 aromatic carbocycles. The molecule has 0 rings (SSSR count). The van der Waals surface area contributed by atoms with Crippen LogP contribution in [0, 0.1) is 17.8 Å². The standard InChI is InChI=1S/C12H24N2/c1-5-7-9-13-11-14(4)10-8-12(3)6-2/h12-13H,6,8-11H2,1-4H3. The normalized spacial score (nSPS) is 12.4. The van der Waals surface area contributed by atoms with Crippen molar-refractivity contribution in [2.45, 2.75) is 33.6 Å². The molecule has 0 aliphatic carbocycles. The summed E-state index contributed by atoms with van der Waals surface area (Å²) in [5, 5.41) is 3.28. The predicted molar refractivity (Wildman–Crippen MR) is 63.0 cm³/mol. The van der Waals surface area contributed by atoms with Crippen molar-refractivity contribution in [2.24, 2.45) is 5.92 Å². The van der Waals surface area contributed by atoms with Gasteiger partial charge in [0.05, 0.1) is 6.54 Å². The van der Waals surface area contributed by atoms with Crippen molar-refractivity contribution < 1.29 is 0 Å². The molecule has 0 radical (unpaired) electrons. The van der Waals surface area contributed by atoms with Crippen molar-refractivity contribution in [2.75, 3.05) is 26.8 Å². The highest BCUT2D eigenvalue weighted by Gasteiger charge is 2.01. The molecule has 2 heteroatoms. The highest BCUT2D eigenvalue weighted by Crippen LogP contribution is 2.05. The van der Waals surface area contributed by atoms with Crippen LogP contribution in [0.15, 0.2) is 0 Å². The van der Waals surface area contributed by atoms with E-state index in [2.05, 4.69) is 43.0 Å². The average Bonchev–Trinajstić information content (AvgIpc) is 2.21. The van der Waals surface area contributed by atoms with Gasteiger partial charge in [-0.1, -0.05) is 26.2 Å². The Morgan fingerprint density at radius 3 is 2.71 bits per heavy atom. The number of hydrogen-bond donors (Lipinski definition) is 1. The molecular weight excluding hydrogens is 172 g/mol. The van der Waals surface area contributed by atoms with Crippen molar-refractivity contribution in [3.8, 4) is 11.8 Å². The Kier molecular flexibility index (Phi) is 8.72. The summed E-state index contributed by atoms with van der Waals surface area (Å²) >= 11 is 0. The molecule has 0 saturated heterocycles. The van der Waals surface area contributed by atoms with Gasteiger partial charge in [-0.05, 0) is 32.9 Å². The second-order valence-electron chi connectivity index (χ2n) is 3.89. The molecule has 1 N–H and O–H groups in total. The van der Waals surface area contributed by atoms with E-state index >= 15 is 0 Å². The first kappa shape index (κ1) is 13.5. The molecule has 0 aromatic heterocycles. The van der Waals surface area contributed by atoms with Gasteiger partial charge >= 0.3 is 0 Å². The first-order valence-electron chi connectivity index (χ1n) is 5.49. The first-order chi connectivity index (χ1) is 6.70. The zero-order valence-corrected chi connectivity index (χ0v) is 10.1. The van der Waals surface area contributed by atoms with Crippen LogP contribution in [0.3, 0.4) is 0 Å². The molecule has 2 nitrogen and oxygen atoms in total. The maximum atomic E-state index is 3.28. The molecule has 0 spiro atoms. The molecule has 0 bridgehead atoms. The van der Waals surface area contributed by atoms with Gasteiger partial charge in [-0.15, -0.1) is 5.92 Å². The lowest BCUT2D eigenvalue weighted by atomic mass is 10.1. The van der Waals surface area contributed by atoms with E-state index in [-0.39, 0.29) is 0 Å². The summed E-state index contributed by atoms with van der Waals surface area (Å²) in [6.07, 6.45) is 2.57. The van der Waals surface area contributed by atoms with Crippen molar-refractivity contribution in [3.05, 3.63) is 0 Å². The number of nitrogens with one attached hydrogen (secondary N) is 1. The summed E-state index contributed by atoms with van der Waals surface area (Å²) in [5.74, 6) is 6.70. The molecule has 82 valence electrons. The quantitative estimate of drug-likeness (QED) is 0.380. The minimum atomic E-state index is 0.796. The van der Waals surface area contributed by atoms with Gasteiger partial charge in [0, 0.05) is 6.67 Å². The molecule has 1 atom stereocenters. The fourth-order valence-electron chi connectivity index (χ4n) is 1.12. The van der Waals surface area contributed by atoms with Crippen molar-refractivity contribution in [3.63, 3.8) is 0 Å². The maximum Gasteiger partial charge on any atom is 0.0586 e. The lowest BCUT2D eigenvalue weighted by Gasteiger charge is -2.18. The minimum Gasteiger partial charge on any atom is -0.294 e. The third-order valence-corrected chi connectivity index (χ3v) is 2.47. The largest absolute Gasteiger partial charge is 0.294 e. The second-order valence-corrected chi connectivity index (χ2v) is 3.89. The molecule has 0 saturated carbocycles. The summed E-state index contributed by atoms with van der Waals surface area (Å²) in [7, 11) is 2.15. The van der Waals surface area contributed by atoms with E-state index < -0.39 is 0 Å². The summed E-state index contributed by atoms with van der Waals surface area (Å²) in [5.41, 5.74) is 0. The Morgan fingerprint density at radius 2 is 2.14 bits per heavy atom. The van der Waals surface area contributed by atoms with E-state index in [1.807, 2.05) is 6.92 Å². The fraction of sp³-hybridized carbons (Fsp3) is 0.833. The Labute approximate surface area is 89.1 Å². The second kappa shape index (κ2) is 9.05. The van der Waals surface area contributed by atoms with Crippen molar-refractivity contribution in [1.82, 2.24) is 10.2 Å². The molecule has 0 heterocycles. The molecule has 0 aliphatic rings. The van der Waals surface area contributed by atoms with Crippen LogP contribution >= 0.6 is 0 Å². The van der Waals surface area contributed by atoms with Gasteiger partial charge in [0.25, 0.3) is 0 Å². The first-order valence-corrected chi connectivity index (χ1v) is 5.49. The third kappa shape index (κ3) is 8.10. The van der Waals surface area contributed by atoms with Gasteiger partial charge in [0.15, 0.2) is 0 Å². The molecule has 0 aliphatic heterocycles. The third-order valence-electron chi connectivity index (χ3n) is 2.47. The predicted octanol–water partition coefficient (Wildman–Crippen LogP) is 1.92. The zero-order valence-electron chi connectivity index (χ0n) is 10.1. The van der Waals surface area contributed by atoms with Gasteiger partial charge in [-0.25, -0.2) is 0 Å². The number of rotatable bonds is 7. The summed E-state index contributed by atoms with van der Waals surface area (Å²) in [4.78, 5) is 2.31. The smallest absolute Gasteiger partial charge is 0.0586 e. The average molecular weight is 196 g/mol. The monoisotopic (exact) mass is 196 g/mol. The van der Waals surface area contributed by atoms with Crippen LogP contribution in [-0.2, 0) is 0 Å². The molecule has 14 heavy (non-hydrogen) atoms. The molecule has 0 aromatic rings.